The van der Waals surface area contributed by atoms with E-state index in [1.165, 1.54) is 17.0 Å². The van der Waals surface area contributed by atoms with E-state index in [0.717, 1.165) is 58.0 Å². The highest BCUT2D eigenvalue weighted by Crippen LogP contribution is 2.45. The van der Waals surface area contributed by atoms with Gasteiger partial charge in [0.05, 0.1) is 6.61 Å². The van der Waals surface area contributed by atoms with E-state index in [4.69, 9.17) is 9.47 Å². The Balaban J connectivity index is 1.80. The maximum atomic E-state index is 13.3. The summed E-state index contributed by atoms with van der Waals surface area (Å²) >= 11 is 0. The first-order valence-corrected chi connectivity index (χ1v) is 12.0. The Morgan fingerprint density at radius 2 is 1.94 bits per heavy atom. The maximum absolute atomic E-state index is 13.3. The number of rotatable bonds is 9. The lowest BCUT2D eigenvalue weighted by Gasteiger charge is -2.48. The molecular formula is C24H36F3N3O3. The third-order valence-corrected chi connectivity index (χ3v) is 7.08. The van der Waals surface area contributed by atoms with Gasteiger partial charge < -0.3 is 14.4 Å². The lowest BCUT2D eigenvalue weighted by Crippen LogP contribution is -2.51. The zero-order valence-electron chi connectivity index (χ0n) is 19.7. The van der Waals surface area contributed by atoms with Crippen molar-refractivity contribution in [3.8, 4) is 0 Å². The van der Waals surface area contributed by atoms with Gasteiger partial charge in [0.1, 0.15) is 11.5 Å². The second-order valence-electron chi connectivity index (χ2n) is 9.00. The predicted octanol–water partition coefficient (Wildman–Crippen LogP) is 4.39. The summed E-state index contributed by atoms with van der Waals surface area (Å²) in [5, 5.41) is 0. The molecule has 0 bridgehead atoms. The van der Waals surface area contributed by atoms with Gasteiger partial charge in [0, 0.05) is 39.3 Å². The number of hydrogen-bond acceptors (Lipinski definition) is 5. The number of amides is 1. The molecule has 0 aromatic carbocycles. The number of anilines is 1. The molecule has 186 valence electrons. The van der Waals surface area contributed by atoms with Crippen LogP contribution in [0.1, 0.15) is 51.6 Å². The van der Waals surface area contributed by atoms with E-state index >= 15 is 0 Å². The summed E-state index contributed by atoms with van der Waals surface area (Å²) in [7, 11) is 0. The van der Waals surface area contributed by atoms with Gasteiger partial charge in [-0.15, -0.1) is 0 Å². The number of alkyl halides is 3. The molecule has 1 aromatic heterocycles. The van der Waals surface area contributed by atoms with Gasteiger partial charge in [0.2, 0.25) is 5.91 Å². The summed E-state index contributed by atoms with van der Waals surface area (Å²) in [6.45, 7) is 9.58. The fraction of sp³-hybridized carbons (Fsp3) is 0.750. The van der Waals surface area contributed by atoms with Crippen LogP contribution in [0.2, 0.25) is 0 Å². The predicted molar refractivity (Wildman–Crippen MR) is 120 cm³/mol. The van der Waals surface area contributed by atoms with Crippen molar-refractivity contribution in [1.82, 2.24) is 9.88 Å². The highest BCUT2D eigenvalue weighted by molar-refractivity contribution is 5.92. The van der Waals surface area contributed by atoms with Crippen LogP contribution in [-0.2, 0) is 20.4 Å². The Bertz CT molecular complexity index is 761. The Kier molecular flexibility index (Phi) is 9.12. The van der Waals surface area contributed by atoms with Gasteiger partial charge in [0.15, 0.2) is 0 Å². The SMILES string of the molecule is CCOCCN1CCC(C2(CN(C(=O)CC)c3cccc(C(F)(F)F)n3)CCOCC2)CC1. The molecule has 0 aliphatic carbocycles. The molecule has 2 aliphatic rings. The van der Waals surface area contributed by atoms with Crippen LogP contribution < -0.4 is 4.90 Å². The maximum Gasteiger partial charge on any atom is 0.433 e. The largest absolute Gasteiger partial charge is 0.433 e. The summed E-state index contributed by atoms with van der Waals surface area (Å²) in [4.78, 5) is 20.7. The van der Waals surface area contributed by atoms with Gasteiger partial charge in [-0.05, 0) is 69.2 Å². The number of halogens is 3. The van der Waals surface area contributed by atoms with Crippen LogP contribution in [0.5, 0.6) is 0 Å². The van der Waals surface area contributed by atoms with Gasteiger partial charge in [-0.2, -0.15) is 13.2 Å². The molecule has 0 N–H and O–H groups in total. The average molecular weight is 472 g/mol. The fourth-order valence-electron chi connectivity index (χ4n) is 5.11. The highest BCUT2D eigenvalue weighted by Gasteiger charge is 2.44. The fourth-order valence-corrected chi connectivity index (χ4v) is 5.11. The molecule has 0 radical (unpaired) electrons. The lowest BCUT2D eigenvalue weighted by atomic mass is 9.66. The first-order valence-electron chi connectivity index (χ1n) is 12.0. The molecule has 6 nitrogen and oxygen atoms in total. The Morgan fingerprint density at radius 3 is 2.55 bits per heavy atom. The van der Waals surface area contributed by atoms with E-state index in [1.54, 1.807) is 6.92 Å². The molecule has 33 heavy (non-hydrogen) atoms. The van der Waals surface area contributed by atoms with E-state index in [1.807, 2.05) is 6.92 Å². The van der Waals surface area contributed by atoms with E-state index in [0.29, 0.717) is 32.3 Å². The summed E-state index contributed by atoms with van der Waals surface area (Å²) in [6, 6.07) is 3.78. The Morgan fingerprint density at radius 1 is 1.24 bits per heavy atom. The zero-order valence-corrected chi connectivity index (χ0v) is 19.7. The number of piperidine rings is 1. The average Bonchev–Trinajstić information content (AvgIpc) is 2.83. The molecule has 2 aliphatic heterocycles. The van der Waals surface area contributed by atoms with Crippen molar-refractivity contribution < 1.29 is 27.4 Å². The summed E-state index contributed by atoms with van der Waals surface area (Å²) in [6.07, 6.45) is -0.763. The van der Waals surface area contributed by atoms with E-state index in [9.17, 15) is 18.0 Å². The number of carbonyl (C=O) groups is 1. The van der Waals surface area contributed by atoms with E-state index in [2.05, 4.69) is 9.88 Å². The van der Waals surface area contributed by atoms with Crippen LogP contribution in [0.4, 0.5) is 19.0 Å². The van der Waals surface area contributed by atoms with E-state index < -0.39 is 11.9 Å². The van der Waals surface area contributed by atoms with Gasteiger partial charge in [-0.3, -0.25) is 9.69 Å². The number of nitrogens with zero attached hydrogens (tertiary/aromatic N) is 3. The van der Waals surface area contributed by atoms with Crippen LogP contribution >= 0.6 is 0 Å². The lowest BCUT2D eigenvalue weighted by molar-refractivity contribution is -0.141. The molecular weight excluding hydrogens is 435 g/mol. The molecule has 0 spiro atoms. The van der Waals surface area contributed by atoms with E-state index in [-0.39, 0.29) is 23.6 Å². The van der Waals surface area contributed by atoms with Crippen molar-refractivity contribution in [2.24, 2.45) is 11.3 Å². The molecule has 0 atom stereocenters. The molecule has 0 unspecified atom stereocenters. The van der Waals surface area contributed by atoms with Gasteiger partial charge in [-0.25, -0.2) is 4.98 Å². The van der Waals surface area contributed by atoms with Crippen LogP contribution in [0.15, 0.2) is 18.2 Å². The molecule has 2 saturated heterocycles. The summed E-state index contributed by atoms with van der Waals surface area (Å²) < 4.78 is 51.0. The second kappa shape index (κ2) is 11.6. The monoisotopic (exact) mass is 471 g/mol. The standard InChI is InChI=1S/C24H36F3N3O3/c1-3-22(31)30(21-7-5-6-20(28-21)24(25,26)27)18-23(10-15-33-16-11-23)19-8-12-29(13-9-19)14-17-32-4-2/h5-7,19H,3-4,8-18H2,1-2H3. The molecule has 3 heterocycles. The van der Waals surface area contributed by atoms with Crippen molar-refractivity contribution in [3.05, 3.63) is 23.9 Å². The van der Waals surface area contributed by atoms with Crippen molar-refractivity contribution in [2.75, 3.05) is 57.5 Å². The quantitative estimate of drug-likeness (QED) is 0.500. The van der Waals surface area contributed by atoms with Crippen LogP contribution in [0.3, 0.4) is 0 Å². The van der Waals surface area contributed by atoms with Crippen molar-refractivity contribution in [1.29, 1.82) is 0 Å². The number of ether oxygens (including phenoxy) is 2. The third kappa shape index (κ3) is 6.67. The minimum Gasteiger partial charge on any atom is -0.381 e. The number of likely N-dealkylation sites (tertiary alicyclic amines) is 1. The van der Waals surface area contributed by atoms with Crippen LogP contribution in [-0.4, -0.2) is 68.4 Å². The number of pyridine rings is 1. The number of hydrogen-bond donors (Lipinski definition) is 0. The van der Waals surface area contributed by atoms with Crippen molar-refractivity contribution in [3.63, 3.8) is 0 Å². The molecule has 2 fully saturated rings. The minimum absolute atomic E-state index is 0.0803. The van der Waals surface area contributed by atoms with Crippen molar-refractivity contribution in [2.45, 2.75) is 52.1 Å². The Labute approximate surface area is 194 Å². The van der Waals surface area contributed by atoms with Gasteiger partial charge in [-0.1, -0.05) is 13.0 Å². The molecule has 3 rings (SSSR count). The van der Waals surface area contributed by atoms with Crippen LogP contribution in [0, 0.1) is 11.3 Å². The number of carbonyl (C=O) groups excluding carboxylic acids is 1. The van der Waals surface area contributed by atoms with Gasteiger partial charge >= 0.3 is 6.18 Å². The zero-order chi connectivity index (χ0) is 23.9. The molecule has 1 amide bonds. The second-order valence-corrected chi connectivity index (χ2v) is 9.00. The first-order chi connectivity index (χ1) is 15.8. The summed E-state index contributed by atoms with van der Waals surface area (Å²) in [5.74, 6) is 0.251. The smallest absolute Gasteiger partial charge is 0.381 e. The normalized spacial score (nSPS) is 20.0. The van der Waals surface area contributed by atoms with Crippen LogP contribution in [0.25, 0.3) is 0 Å². The molecule has 1 aromatic rings. The highest BCUT2D eigenvalue weighted by atomic mass is 19.4. The number of aromatic nitrogens is 1. The minimum atomic E-state index is -4.55. The summed E-state index contributed by atoms with van der Waals surface area (Å²) in [5.41, 5.74) is -1.16. The first kappa shape index (κ1) is 25.9. The topological polar surface area (TPSA) is 54.9 Å². The molecule has 9 heteroatoms. The van der Waals surface area contributed by atoms with Gasteiger partial charge in [0.25, 0.3) is 0 Å². The van der Waals surface area contributed by atoms with Crippen molar-refractivity contribution >= 4 is 11.7 Å². The molecule has 0 saturated carbocycles. The third-order valence-electron chi connectivity index (χ3n) is 7.08. The Hall–Kier alpha value is -1.71.